The van der Waals surface area contributed by atoms with Crippen molar-refractivity contribution in [2.75, 3.05) is 50.9 Å². The Morgan fingerprint density at radius 3 is 2.29 bits per heavy atom. The zero-order chi connectivity index (χ0) is 16.9. The molecule has 1 fully saturated rings. The van der Waals surface area contributed by atoms with Gasteiger partial charge < -0.3 is 15.1 Å². The zero-order valence-corrected chi connectivity index (χ0v) is 18.0. The lowest BCUT2D eigenvalue weighted by Crippen LogP contribution is -2.54. The summed E-state index contributed by atoms with van der Waals surface area (Å²) < 4.78 is 13.2. The van der Waals surface area contributed by atoms with E-state index in [1.54, 1.807) is 0 Å². The van der Waals surface area contributed by atoms with Crippen LogP contribution in [0.4, 0.5) is 10.1 Å². The van der Waals surface area contributed by atoms with Crippen LogP contribution in [0.25, 0.3) is 0 Å². The van der Waals surface area contributed by atoms with Crippen molar-refractivity contribution in [3.05, 3.63) is 30.1 Å². The third-order valence-corrected chi connectivity index (χ3v) is 5.46. The Balaban J connectivity index is 0.00000288. The molecule has 0 amide bonds. The quantitative estimate of drug-likeness (QED) is 0.419. The highest BCUT2D eigenvalue weighted by molar-refractivity contribution is 14.0. The second kappa shape index (κ2) is 9.70. The Kier molecular flexibility index (Phi) is 8.62. The first-order valence-corrected chi connectivity index (χ1v) is 9.19. The van der Waals surface area contributed by atoms with E-state index in [1.807, 2.05) is 30.9 Å². The number of aliphatic imine (C=N–C) groups is 1. The van der Waals surface area contributed by atoms with E-state index in [0.29, 0.717) is 0 Å². The van der Waals surface area contributed by atoms with Crippen molar-refractivity contribution >= 4 is 47.4 Å². The maximum absolute atomic E-state index is 13.0. The van der Waals surface area contributed by atoms with Crippen molar-refractivity contribution in [1.82, 2.24) is 10.2 Å². The van der Waals surface area contributed by atoms with E-state index in [4.69, 9.17) is 0 Å². The van der Waals surface area contributed by atoms with Crippen LogP contribution >= 0.6 is 35.7 Å². The third-order valence-electron chi connectivity index (χ3n) is 4.21. The van der Waals surface area contributed by atoms with Crippen molar-refractivity contribution in [3.8, 4) is 0 Å². The normalized spacial score (nSPS) is 16.0. The molecule has 1 saturated heterocycles. The van der Waals surface area contributed by atoms with Crippen molar-refractivity contribution in [2.24, 2.45) is 4.99 Å². The number of thioether (sulfide) groups is 1. The molecule has 1 aliphatic rings. The minimum atomic E-state index is -0.187. The summed E-state index contributed by atoms with van der Waals surface area (Å²) in [5.41, 5.74) is 1.08. The Labute approximate surface area is 166 Å². The fraction of sp³-hybridized carbons (Fsp3) is 0.588. The summed E-state index contributed by atoms with van der Waals surface area (Å²) in [6, 6.07) is 6.73. The van der Waals surface area contributed by atoms with E-state index < -0.39 is 0 Å². The molecule has 0 spiro atoms. The number of nitrogens with zero attached hydrogens (tertiary/aromatic N) is 3. The summed E-state index contributed by atoms with van der Waals surface area (Å²) in [6.07, 6.45) is 2.13. The first kappa shape index (κ1) is 21.3. The summed E-state index contributed by atoms with van der Waals surface area (Å²) in [7, 11) is 1.83. The molecule has 0 unspecified atom stereocenters. The molecule has 0 saturated carbocycles. The van der Waals surface area contributed by atoms with E-state index in [0.717, 1.165) is 44.4 Å². The topological polar surface area (TPSA) is 30.9 Å². The maximum Gasteiger partial charge on any atom is 0.193 e. The first-order chi connectivity index (χ1) is 10.9. The number of piperazine rings is 1. The van der Waals surface area contributed by atoms with Gasteiger partial charge in [0.05, 0.1) is 0 Å². The number of nitrogens with one attached hydrogen (secondary N) is 1. The largest absolute Gasteiger partial charge is 0.368 e. The molecule has 1 aromatic rings. The molecule has 0 bridgehead atoms. The van der Waals surface area contributed by atoms with Gasteiger partial charge in [0.2, 0.25) is 0 Å². The standard InChI is InChI=1S/C17H27FN4S.HI/c1-17(2,23-4)13-20-16(19-3)22-11-9-21(10-12-22)15-7-5-14(18)6-8-15;/h5-8H,9-13H2,1-4H3,(H,19,20);1H. The van der Waals surface area contributed by atoms with E-state index in [-0.39, 0.29) is 34.5 Å². The fourth-order valence-corrected chi connectivity index (χ4v) is 2.74. The number of hydrogen-bond acceptors (Lipinski definition) is 3. The van der Waals surface area contributed by atoms with Crippen LogP contribution < -0.4 is 10.2 Å². The molecular weight excluding hydrogens is 438 g/mol. The van der Waals surface area contributed by atoms with Crippen molar-refractivity contribution in [1.29, 1.82) is 0 Å². The lowest BCUT2D eigenvalue weighted by atomic mass is 10.2. The van der Waals surface area contributed by atoms with E-state index >= 15 is 0 Å². The summed E-state index contributed by atoms with van der Waals surface area (Å²) in [5.74, 6) is 0.777. The highest BCUT2D eigenvalue weighted by Crippen LogP contribution is 2.20. The number of benzene rings is 1. The van der Waals surface area contributed by atoms with Crippen LogP contribution in [-0.2, 0) is 0 Å². The molecule has 0 aliphatic carbocycles. The zero-order valence-electron chi connectivity index (χ0n) is 14.9. The van der Waals surface area contributed by atoms with E-state index in [1.165, 1.54) is 12.1 Å². The molecule has 1 N–H and O–H groups in total. The second-order valence-electron chi connectivity index (χ2n) is 6.32. The summed E-state index contributed by atoms with van der Waals surface area (Å²) in [5, 5.41) is 3.48. The predicted molar refractivity (Wildman–Crippen MR) is 115 cm³/mol. The van der Waals surface area contributed by atoms with Crippen LogP contribution in [0.1, 0.15) is 13.8 Å². The number of rotatable bonds is 4. The van der Waals surface area contributed by atoms with Gasteiger partial charge in [0.1, 0.15) is 5.82 Å². The summed E-state index contributed by atoms with van der Waals surface area (Å²) >= 11 is 1.85. The van der Waals surface area contributed by atoms with Gasteiger partial charge >= 0.3 is 0 Å². The number of hydrogen-bond donors (Lipinski definition) is 1. The lowest BCUT2D eigenvalue weighted by Gasteiger charge is -2.38. The molecule has 1 aliphatic heterocycles. The fourth-order valence-electron chi connectivity index (χ4n) is 2.52. The molecule has 4 nitrogen and oxygen atoms in total. The Bertz CT molecular complexity index is 528. The second-order valence-corrected chi connectivity index (χ2v) is 7.83. The molecule has 136 valence electrons. The van der Waals surface area contributed by atoms with Gasteiger partial charge in [-0.05, 0) is 44.4 Å². The number of anilines is 1. The van der Waals surface area contributed by atoms with Gasteiger partial charge in [0.15, 0.2) is 5.96 Å². The van der Waals surface area contributed by atoms with Gasteiger partial charge in [-0.2, -0.15) is 11.8 Å². The SMILES string of the molecule is CN=C(NCC(C)(C)SC)N1CCN(c2ccc(F)cc2)CC1.I. The third kappa shape index (κ3) is 5.98. The average molecular weight is 466 g/mol. The molecule has 2 rings (SSSR count). The Morgan fingerprint density at radius 1 is 1.21 bits per heavy atom. The molecule has 0 atom stereocenters. The van der Waals surface area contributed by atoms with Gasteiger partial charge in [-0.25, -0.2) is 4.39 Å². The van der Waals surface area contributed by atoms with Crippen molar-refractivity contribution in [2.45, 2.75) is 18.6 Å². The Morgan fingerprint density at radius 2 is 1.79 bits per heavy atom. The van der Waals surface area contributed by atoms with E-state index in [9.17, 15) is 4.39 Å². The molecule has 1 aromatic carbocycles. The summed E-state index contributed by atoms with van der Waals surface area (Å²) in [6.45, 7) is 9.00. The van der Waals surface area contributed by atoms with Crippen LogP contribution in [0.3, 0.4) is 0 Å². The van der Waals surface area contributed by atoms with Gasteiger partial charge in [-0.1, -0.05) is 0 Å². The predicted octanol–water partition coefficient (Wildman–Crippen LogP) is 3.28. The van der Waals surface area contributed by atoms with Crippen LogP contribution in [0.2, 0.25) is 0 Å². The first-order valence-electron chi connectivity index (χ1n) is 7.96. The van der Waals surface area contributed by atoms with Crippen LogP contribution in [0, 0.1) is 5.82 Å². The van der Waals surface area contributed by atoms with Gasteiger partial charge in [0.25, 0.3) is 0 Å². The average Bonchev–Trinajstić information content (AvgIpc) is 2.57. The van der Waals surface area contributed by atoms with E-state index in [2.05, 4.69) is 40.2 Å². The highest BCUT2D eigenvalue weighted by Gasteiger charge is 2.22. The van der Waals surface area contributed by atoms with Gasteiger partial charge in [0, 0.05) is 50.2 Å². The molecule has 1 heterocycles. The monoisotopic (exact) mass is 466 g/mol. The molecule has 0 radical (unpaired) electrons. The minimum Gasteiger partial charge on any atom is -0.368 e. The molecular formula is C17H28FIN4S. The molecule has 24 heavy (non-hydrogen) atoms. The Hall–Kier alpha value is -0.700. The van der Waals surface area contributed by atoms with Gasteiger partial charge in [-0.3, -0.25) is 4.99 Å². The van der Waals surface area contributed by atoms with Crippen LogP contribution in [0.5, 0.6) is 0 Å². The number of halogens is 2. The number of guanidine groups is 1. The van der Waals surface area contributed by atoms with Crippen molar-refractivity contribution in [3.63, 3.8) is 0 Å². The maximum atomic E-state index is 13.0. The van der Waals surface area contributed by atoms with Crippen LogP contribution in [-0.4, -0.2) is 61.6 Å². The highest BCUT2D eigenvalue weighted by atomic mass is 127. The molecule has 7 heteroatoms. The van der Waals surface area contributed by atoms with Gasteiger partial charge in [-0.15, -0.1) is 24.0 Å². The molecule has 0 aromatic heterocycles. The summed E-state index contributed by atoms with van der Waals surface area (Å²) in [4.78, 5) is 8.99. The minimum absolute atomic E-state index is 0. The smallest absolute Gasteiger partial charge is 0.193 e. The van der Waals surface area contributed by atoms with Crippen molar-refractivity contribution < 1.29 is 4.39 Å². The van der Waals surface area contributed by atoms with Crippen LogP contribution in [0.15, 0.2) is 29.3 Å². The lowest BCUT2D eigenvalue weighted by molar-refractivity contribution is 0.371.